The second-order valence-corrected chi connectivity index (χ2v) is 4.52. The van der Waals surface area contributed by atoms with E-state index in [2.05, 4.69) is 15.3 Å². The third kappa shape index (κ3) is 2.82. The van der Waals surface area contributed by atoms with Gasteiger partial charge in [0.1, 0.15) is 5.82 Å². The average Bonchev–Trinajstić information content (AvgIpc) is 3.10. The van der Waals surface area contributed by atoms with Gasteiger partial charge in [0.05, 0.1) is 0 Å². The Kier molecular flexibility index (Phi) is 3.24. The molecule has 1 heterocycles. The lowest BCUT2D eigenvalue weighted by molar-refractivity contribution is 0.620. The number of hydrogen-bond donors (Lipinski definition) is 2. The Hall–Kier alpha value is -1.36. The van der Waals surface area contributed by atoms with Crippen LogP contribution in [0.4, 0.5) is 11.8 Å². The van der Waals surface area contributed by atoms with Gasteiger partial charge in [0, 0.05) is 32.9 Å². The highest BCUT2D eigenvalue weighted by molar-refractivity contribution is 5.40. The first-order valence-corrected chi connectivity index (χ1v) is 5.66. The van der Waals surface area contributed by atoms with Crippen LogP contribution in [0.5, 0.6) is 0 Å². The molecule has 0 spiro atoms. The third-order valence-electron chi connectivity index (χ3n) is 2.79. The standard InChI is InChI=1S/C11H19N5/c1-16(2)11-13-6-5-10(15-11)14-7-9(12)8-3-4-8/h5-6,8-9H,3-4,7,12H2,1-2H3,(H,13,14,15). The molecule has 5 nitrogen and oxygen atoms in total. The van der Waals surface area contributed by atoms with Crippen molar-refractivity contribution < 1.29 is 0 Å². The Morgan fingerprint density at radius 3 is 2.94 bits per heavy atom. The molecule has 16 heavy (non-hydrogen) atoms. The summed E-state index contributed by atoms with van der Waals surface area (Å²) in [5.74, 6) is 2.27. The van der Waals surface area contributed by atoms with Gasteiger partial charge < -0.3 is 16.0 Å². The van der Waals surface area contributed by atoms with Gasteiger partial charge in [-0.2, -0.15) is 4.98 Å². The Labute approximate surface area is 96.1 Å². The summed E-state index contributed by atoms with van der Waals surface area (Å²) < 4.78 is 0. The molecule has 0 saturated heterocycles. The average molecular weight is 221 g/mol. The molecule has 1 aromatic rings. The molecular weight excluding hydrogens is 202 g/mol. The largest absolute Gasteiger partial charge is 0.368 e. The van der Waals surface area contributed by atoms with Crippen LogP contribution in [0.1, 0.15) is 12.8 Å². The van der Waals surface area contributed by atoms with E-state index in [4.69, 9.17) is 5.73 Å². The molecule has 1 aromatic heterocycles. The van der Waals surface area contributed by atoms with Gasteiger partial charge in [0.2, 0.25) is 5.95 Å². The van der Waals surface area contributed by atoms with E-state index in [9.17, 15) is 0 Å². The van der Waals surface area contributed by atoms with Gasteiger partial charge >= 0.3 is 0 Å². The van der Waals surface area contributed by atoms with Gasteiger partial charge in [-0.25, -0.2) is 4.98 Å². The minimum atomic E-state index is 0.248. The smallest absolute Gasteiger partial charge is 0.226 e. The first-order valence-electron chi connectivity index (χ1n) is 5.66. The van der Waals surface area contributed by atoms with Gasteiger partial charge in [-0.05, 0) is 24.8 Å². The van der Waals surface area contributed by atoms with Crippen molar-refractivity contribution in [2.24, 2.45) is 11.7 Å². The number of rotatable bonds is 5. The van der Waals surface area contributed by atoms with Crippen molar-refractivity contribution in [2.45, 2.75) is 18.9 Å². The normalized spacial score (nSPS) is 16.9. The molecule has 0 bridgehead atoms. The second-order valence-electron chi connectivity index (χ2n) is 4.52. The Bertz CT molecular complexity index is 348. The number of nitrogens with one attached hydrogen (secondary N) is 1. The summed E-state index contributed by atoms with van der Waals surface area (Å²) in [5, 5.41) is 3.26. The second kappa shape index (κ2) is 4.65. The summed E-state index contributed by atoms with van der Waals surface area (Å²) in [5.41, 5.74) is 6.01. The molecule has 0 aromatic carbocycles. The Morgan fingerprint density at radius 1 is 1.56 bits per heavy atom. The van der Waals surface area contributed by atoms with E-state index >= 15 is 0 Å². The first-order chi connectivity index (χ1) is 7.66. The van der Waals surface area contributed by atoms with E-state index in [-0.39, 0.29) is 6.04 Å². The quantitative estimate of drug-likeness (QED) is 0.766. The Morgan fingerprint density at radius 2 is 2.31 bits per heavy atom. The van der Waals surface area contributed by atoms with Crippen LogP contribution in [-0.2, 0) is 0 Å². The maximum absolute atomic E-state index is 6.01. The lowest BCUT2D eigenvalue weighted by Crippen LogP contribution is -2.31. The number of nitrogens with zero attached hydrogens (tertiary/aromatic N) is 3. The molecule has 0 aliphatic heterocycles. The van der Waals surface area contributed by atoms with Crippen LogP contribution >= 0.6 is 0 Å². The summed E-state index contributed by atoms with van der Waals surface area (Å²) in [6.45, 7) is 0.786. The molecule has 3 N–H and O–H groups in total. The van der Waals surface area contributed by atoms with Gasteiger partial charge in [-0.3, -0.25) is 0 Å². The predicted octanol–water partition coefficient (Wildman–Crippen LogP) is 0.692. The highest BCUT2D eigenvalue weighted by atomic mass is 15.2. The molecule has 1 saturated carbocycles. The van der Waals surface area contributed by atoms with Crippen molar-refractivity contribution in [3.8, 4) is 0 Å². The SMILES string of the molecule is CN(C)c1nccc(NCC(N)C2CC2)n1. The monoisotopic (exact) mass is 221 g/mol. The zero-order chi connectivity index (χ0) is 11.5. The summed E-state index contributed by atoms with van der Waals surface area (Å²) in [7, 11) is 3.85. The molecule has 0 radical (unpaired) electrons. The van der Waals surface area contributed by atoms with Gasteiger partial charge in [-0.1, -0.05) is 0 Å². The number of hydrogen-bond acceptors (Lipinski definition) is 5. The molecular formula is C11H19N5. The van der Waals surface area contributed by atoms with Crippen LogP contribution in [0.2, 0.25) is 0 Å². The molecule has 1 fully saturated rings. The van der Waals surface area contributed by atoms with E-state index in [0.29, 0.717) is 11.9 Å². The summed E-state index contributed by atoms with van der Waals surface area (Å²) >= 11 is 0. The number of nitrogens with two attached hydrogens (primary N) is 1. The van der Waals surface area contributed by atoms with E-state index in [1.165, 1.54) is 12.8 Å². The van der Waals surface area contributed by atoms with Crippen LogP contribution in [0, 0.1) is 5.92 Å². The molecule has 2 rings (SSSR count). The molecule has 1 aliphatic carbocycles. The molecule has 5 heteroatoms. The molecule has 0 amide bonds. The van der Waals surface area contributed by atoms with Crippen molar-refractivity contribution in [2.75, 3.05) is 30.9 Å². The van der Waals surface area contributed by atoms with E-state index < -0.39 is 0 Å². The minimum Gasteiger partial charge on any atom is -0.368 e. The highest BCUT2D eigenvalue weighted by Crippen LogP contribution is 2.31. The zero-order valence-electron chi connectivity index (χ0n) is 9.85. The lowest BCUT2D eigenvalue weighted by atomic mass is 10.2. The van der Waals surface area contributed by atoms with Crippen molar-refractivity contribution in [3.63, 3.8) is 0 Å². The third-order valence-corrected chi connectivity index (χ3v) is 2.79. The van der Waals surface area contributed by atoms with E-state index in [0.717, 1.165) is 12.4 Å². The minimum absolute atomic E-state index is 0.248. The summed E-state index contributed by atoms with van der Waals surface area (Å²) in [6, 6.07) is 2.12. The summed E-state index contributed by atoms with van der Waals surface area (Å²) in [6.07, 6.45) is 4.30. The molecule has 88 valence electrons. The fourth-order valence-electron chi connectivity index (χ4n) is 1.58. The molecule has 1 atom stereocenters. The van der Waals surface area contributed by atoms with E-state index in [1.807, 2.05) is 25.1 Å². The van der Waals surface area contributed by atoms with Crippen LogP contribution < -0.4 is 16.0 Å². The lowest BCUT2D eigenvalue weighted by Gasteiger charge is -2.14. The van der Waals surface area contributed by atoms with Crippen molar-refractivity contribution in [3.05, 3.63) is 12.3 Å². The van der Waals surface area contributed by atoms with Crippen LogP contribution in [0.3, 0.4) is 0 Å². The first kappa shape index (κ1) is 11.1. The van der Waals surface area contributed by atoms with Crippen molar-refractivity contribution in [1.29, 1.82) is 0 Å². The highest BCUT2D eigenvalue weighted by Gasteiger charge is 2.28. The summed E-state index contributed by atoms with van der Waals surface area (Å²) in [4.78, 5) is 10.4. The molecule has 1 unspecified atom stereocenters. The van der Waals surface area contributed by atoms with Gasteiger partial charge in [-0.15, -0.1) is 0 Å². The maximum atomic E-state index is 6.01. The fraction of sp³-hybridized carbons (Fsp3) is 0.636. The van der Waals surface area contributed by atoms with Crippen LogP contribution in [0.15, 0.2) is 12.3 Å². The van der Waals surface area contributed by atoms with Crippen LogP contribution in [-0.4, -0.2) is 36.6 Å². The van der Waals surface area contributed by atoms with Gasteiger partial charge in [0.25, 0.3) is 0 Å². The van der Waals surface area contributed by atoms with Crippen molar-refractivity contribution in [1.82, 2.24) is 9.97 Å². The topological polar surface area (TPSA) is 67.1 Å². The predicted molar refractivity (Wildman–Crippen MR) is 65.5 cm³/mol. The van der Waals surface area contributed by atoms with Crippen molar-refractivity contribution >= 4 is 11.8 Å². The van der Waals surface area contributed by atoms with E-state index in [1.54, 1.807) is 6.20 Å². The number of aromatic nitrogens is 2. The Balaban J connectivity index is 1.90. The van der Waals surface area contributed by atoms with Gasteiger partial charge in [0.15, 0.2) is 0 Å². The zero-order valence-corrected chi connectivity index (χ0v) is 9.85. The maximum Gasteiger partial charge on any atom is 0.226 e. The number of anilines is 2. The fourth-order valence-corrected chi connectivity index (χ4v) is 1.58. The molecule has 1 aliphatic rings. The van der Waals surface area contributed by atoms with Crippen LogP contribution in [0.25, 0.3) is 0 Å².